The van der Waals surface area contributed by atoms with Crippen LogP contribution < -0.4 is 4.90 Å². The molecule has 0 radical (unpaired) electrons. The number of fused-ring (bicyclic) bond motifs is 1. The minimum Gasteiger partial charge on any atom is -0.480 e. The Kier molecular flexibility index (Phi) is 3.28. The van der Waals surface area contributed by atoms with Crippen LogP contribution in [0.15, 0.2) is 12.1 Å². The van der Waals surface area contributed by atoms with Crippen molar-refractivity contribution in [1.82, 2.24) is 4.98 Å². The van der Waals surface area contributed by atoms with Gasteiger partial charge in [0.1, 0.15) is 12.4 Å². The van der Waals surface area contributed by atoms with Crippen molar-refractivity contribution in [3.63, 3.8) is 0 Å². The van der Waals surface area contributed by atoms with Gasteiger partial charge >= 0.3 is 5.97 Å². The normalized spacial score (nSPS) is 13.8. The number of carboxylic acid groups (broad SMARTS) is 1. The number of ether oxygens (including phenoxy) is 1. The summed E-state index contributed by atoms with van der Waals surface area (Å²) in [7, 11) is 0. The molecule has 0 spiro atoms. The average Bonchev–Trinajstić information content (AvgIpc) is 2.72. The third-order valence-electron chi connectivity index (χ3n) is 2.77. The first-order valence-electron chi connectivity index (χ1n) is 5.63. The highest BCUT2D eigenvalue weighted by atomic mass is 16.5. The van der Waals surface area contributed by atoms with Crippen LogP contribution in [0.5, 0.6) is 0 Å². The van der Waals surface area contributed by atoms with Crippen LogP contribution in [-0.2, 0) is 22.7 Å². The van der Waals surface area contributed by atoms with Crippen LogP contribution in [0, 0.1) is 0 Å². The maximum Gasteiger partial charge on any atom is 0.323 e. The van der Waals surface area contributed by atoms with Gasteiger partial charge in [0.05, 0.1) is 18.9 Å². The van der Waals surface area contributed by atoms with Crippen molar-refractivity contribution in [2.75, 3.05) is 11.4 Å². The molecule has 0 amide bonds. The zero-order valence-corrected chi connectivity index (χ0v) is 10.0. The first-order valence-corrected chi connectivity index (χ1v) is 5.63. The van der Waals surface area contributed by atoms with Crippen LogP contribution >= 0.6 is 0 Å². The van der Waals surface area contributed by atoms with Crippen LogP contribution in [-0.4, -0.2) is 28.6 Å². The van der Waals surface area contributed by atoms with Crippen LogP contribution in [0.1, 0.15) is 25.1 Å². The summed E-state index contributed by atoms with van der Waals surface area (Å²) >= 11 is 0. The van der Waals surface area contributed by atoms with Crippen LogP contribution in [0.3, 0.4) is 0 Å². The fourth-order valence-corrected chi connectivity index (χ4v) is 1.87. The van der Waals surface area contributed by atoms with E-state index in [9.17, 15) is 4.79 Å². The maximum atomic E-state index is 10.8. The van der Waals surface area contributed by atoms with Gasteiger partial charge in [0.25, 0.3) is 0 Å². The van der Waals surface area contributed by atoms with E-state index >= 15 is 0 Å². The number of aromatic nitrogens is 1. The lowest BCUT2D eigenvalue weighted by Gasteiger charge is -2.26. The maximum absolute atomic E-state index is 10.8. The number of carboxylic acids is 1. The lowest BCUT2D eigenvalue weighted by Crippen LogP contribution is -2.36. The molecule has 0 bridgehead atoms. The molecule has 0 aliphatic carbocycles. The number of aliphatic carboxylic acids is 1. The average molecular weight is 236 g/mol. The van der Waals surface area contributed by atoms with Gasteiger partial charge < -0.3 is 14.7 Å². The molecular formula is C12H16N2O3. The smallest absolute Gasteiger partial charge is 0.323 e. The largest absolute Gasteiger partial charge is 0.480 e. The number of hydrogen-bond donors (Lipinski definition) is 1. The van der Waals surface area contributed by atoms with Gasteiger partial charge in [-0.05, 0) is 19.9 Å². The Morgan fingerprint density at radius 2 is 2.29 bits per heavy atom. The van der Waals surface area contributed by atoms with Crippen molar-refractivity contribution in [3.05, 3.63) is 23.4 Å². The fraction of sp³-hybridized carbons (Fsp3) is 0.500. The molecule has 0 saturated heterocycles. The van der Waals surface area contributed by atoms with Crippen molar-refractivity contribution in [2.24, 2.45) is 0 Å². The van der Waals surface area contributed by atoms with Crippen LogP contribution in [0.2, 0.25) is 0 Å². The number of pyridine rings is 1. The molecule has 1 aromatic rings. The molecule has 2 rings (SSSR count). The van der Waals surface area contributed by atoms with Gasteiger partial charge in [-0.1, -0.05) is 6.07 Å². The highest BCUT2D eigenvalue weighted by Gasteiger charge is 2.19. The molecule has 1 aliphatic heterocycles. The van der Waals surface area contributed by atoms with Crippen molar-refractivity contribution in [1.29, 1.82) is 0 Å². The van der Waals surface area contributed by atoms with E-state index in [4.69, 9.17) is 9.84 Å². The number of rotatable bonds is 4. The predicted octanol–water partition coefficient (Wildman–Crippen LogP) is 1.41. The molecule has 0 saturated carbocycles. The van der Waals surface area contributed by atoms with Gasteiger partial charge in [0, 0.05) is 11.6 Å². The lowest BCUT2D eigenvalue weighted by atomic mass is 10.2. The zero-order valence-electron chi connectivity index (χ0n) is 10.0. The topological polar surface area (TPSA) is 62.7 Å². The SMILES string of the molecule is CC(C)N(CC(=O)O)c1ccc2c(n1)COC2. The third-order valence-corrected chi connectivity index (χ3v) is 2.77. The lowest BCUT2D eigenvalue weighted by molar-refractivity contribution is -0.135. The first kappa shape index (κ1) is 11.9. The summed E-state index contributed by atoms with van der Waals surface area (Å²) in [5.41, 5.74) is 2.01. The molecule has 0 aromatic carbocycles. The van der Waals surface area contributed by atoms with Gasteiger partial charge in [0.15, 0.2) is 0 Å². The summed E-state index contributed by atoms with van der Waals surface area (Å²) < 4.78 is 5.29. The van der Waals surface area contributed by atoms with E-state index in [1.54, 1.807) is 4.90 Å². The van der Waals surface area contributed by atoms with E-state index in [0.29, 0.717) is 19.0 Å². The standard InChI is InChI=1S/C12H16N2O3/c1-8(2)14(5-12(15)16)11-4-3-9-6-17-7-10(9)13-11/h3-4,8H,5-7H2,1-2H3,(H,15,16). The predicted molar refractivity (Wildman–Crippen MR) is 62.8 cm³/mol. The second kappa shape index (κ2) is 4.71. The fourth-order valence-electron chi connectivity index (χ4n) is 1.87. The van der Waals surface area contributed by atoms with Gasteiger partial charge in [-0.25, -0.2) is 4.98 Å². The van der Waals surface area contributed by atoms with E-state index in [1.807, 2.05) is 26.0 Å². The van der Waals surface area contributed by atoms with Gasteiger partial charge in [0.2, 0.25) is 0 Å². The molecule has 5 nitrogen and oxygen atoms in total. The summed E-state index contributed by atoms with van der Waals surface area (Å²) in [6, 6.07) is 3.91. The van der Waals surface area contributed by atoms with Crippen molar-refractivity contribution in [3.8, 4) is 0 Å². The molecule has 2 heterocycles. The van der Waals surface area contributed by atoms with Crippen molar-refractivity contribution >= 4 is 11.8 Å². The molecular weight excluding hydrogens is 220 g/mol. The Labute approximate surface area is 100 Å². The quantitative estimate of drug-likeness (QED) is 0.856. The van der Waals surface area contributed by atoms with E-state index in [0.717, 1.165) is 11.3 Å². The van der Waals surface area contributed by atoms with Crippen LogP contribution in [0.4, 0.5) is 5.82 Å². The van der Waals surface area contributed by atoms with E-state index in [1.165, 1.54) is 0 Å². The van der Waals surface area contributed by atoms with Crippen LogP contribution in [0.25, 0.3) is 0 Å². The van der Waals surface area contributed by atoms with Gasteiger partial charge in [-0.3, -0.25) is 4.79 Å². The Balaban J connectivity index is 2.27. The molecule has 0 fully saturated rings. The molecule has 1 aromatic heterocycles. The van der Waals surface area contributed by atoms with E-state index < -0.39 is 5.97 Å². The number of anilines is 1. The molecule has 0 atom stereocenters. The summed E-state index contributed by atoms with van der Waals surface area (Å²) in [6.45, 7) is 4.98. The number of carbonyl (C=O) groups is 1. The Hall–Kier alpha value is -1.62. The van der Waals surface area contributed by atoms with Gasteiger partial charge in [-0.15, -0.1) is 0 Å². The molecule has 17 heavy (non-hydrogen) atoms. The third kappa shape index (κ3) is 2.55. The molecule has 5 heteroatoms. The first-order chi connectivity index (χ1) is 8.08. The van der Waals surface area contributed by atoms with Crippen molar-refractivity contribution in [2.45, 2.75) is 33.1 Å². The molecule has 1 aliphatic rings. The van der Waals surface area contributed by atoms with Gasteiger partial charge in [-0.2, -0.15) is 0 Å². The zero-order chi connectivity index (χ0) is 12.4. The van der Waals surface area contributed by atoms with E-state index in [-0.39, 0.29) is 12.6 Å². The summed E-state index contributed by atoms with van der Waals surface area (Å²) in [6.07, 6.45) is 0. The molecule has 1 N–H and O–H groups in total. The minimum atomic E-state index is -0.850. The Bertz CT molecular complexity index is 432. The molecule has 0 unspecified atom stereocenters. The molecule has 92 valence electrons. The Morgan fingerprint density at radius 1 is 1.53 bits per heavy atom. The monoisotopic (exact) mass is 236 g/mol. The number of hydrogen-bond acceptors (Lipinski definition) is 4. The van der Waals surface area contributed by atoms with Crippen molar-refractivity contribution < 1.29 is 14.6 Å². The summed E-state index contributed by atoms with van der Waals surface area (Å²) in [5, 5.41) is 8.89. The number of nitrogens with zero attached hydrogens (tertiary/aromatic N) is 2. The highest BCUT2D eigenvalue weighted by Crippen LogP contribution is 2.22. The Morgan fingerprint density at radius 3 is 2.94 bits per heavy atom. The summed E-state index contributed by atoms with van der Waals surface area (Å²) in [4.78, 5) is 17.1. The summed E-state index contributed by atoms with van der Waals surface area (Å²) in [5.74, 6) is -0.149. The second-order valence-corrected chi connectivity index (χ2v) is 4.38. The van der Waals surface area contributed by atoms with E-state index in [2.05, 4.69) is 4.98 Å². The highest BCUT2D eigenvalue weighted by molar-refractivity contribution is 5.73. The second-order valence-electron chi connectivity index (χ2n) is 4.38. The minimum absolute atomic E-state index is 0.0374.